The second kappa shape index (κ2) is 6.43. The minimum Gasteiger partial charge on any atom is -0.352 e. The average molecular weight is 297 g/mol. The second-order valence-corrected chi connectivity index (χ2v) is 4.45. The van der Waals surface area contributed by atoms with Gasteiger partial charge in [-0.1, -0.05) is 17.7 Å². The summed E-state index contributed by atoms with van der Waals surface area (Å²) in [6.07, 6.45) is 1.88. The zero-order valence-electron chi connectivity index (χ0n) is 10.4. The lowest BCUT2D eigenvalue weighted by Crippen LogP contribution is -2.26. The number of pyridine rings is 1. The van der Waals surface area contributed by atoms with E-state index in [0.29, 0.717) is 12.0 Å². The molecular weight excluding hydrogens is 286 g/mol. The van der Waals surface area contributed by atoms with Crippen LogP contribution in [0.15, 0.2) is 36.5 Å². The monoisotopic (exact) mass is 296 g/mol. The molecule has 1 heterocycles. The zero-order chi connectivity index (χ0) is 14.5. The maximum absolute atomic E-state index is 13.0. The van der Waals surface area contributed by atoms with Gasteiger partial charge in [0.2, 0.25) is 0 Å². The molecule has 6 heteroatoms. The highest BCUT2D eigenvalue weighted by Gasteiger charge is 2.10. The molecule has 0 bridgehead atoms. The Labute approximate surface area is 119 Å². The van der Waals surface area contributed by atoms with Crippen molar-refractivity contribution >= 4 is 17.5 Å². The summed E-state index contributed by atoms with van der Waals surface area (Å²) in [5.41, 5.74) is 0.876. The van der Waals surface area contributed by atoms with Gasteiger partial charge in [-0.2, -0.15) is 0 Å². The van der Waals surface area contributed by atoms with Crippen LogP contribution in [0, 0.1) is 11.6 Å². The van der Waals surface area contributed by atoms with Crippen molar-refractivity contribution in [3.8, 4) is 0 Å². The summed E-state index contributed by atoms with van der Waals surface area (Å²) in [6.45, 7) is 0.287. The summed E-state index contributed by atoms with van der Waals surface area (Å²) in [6, 6.07) is 6.81. The van der Waals surface area contributed by atoms with Crippen LogP contribution in [0.3, 0.4) is 0 Å². The molecule has 0 saturated heterocycles. The molecule has 1 N–H and O–H groups in total. The molecule has 0 radical (unpaired) electrons. The fraction of sp³-hybridized carbons (Fsp3) is 0.143. The van der Waals surface area contributed by atoms with E-state index >= 15 is 0 Å². The largest absolute Gasteiger partial charge is 0.352 e. The summed E-state index contributed by atoms with van der Waals surface area (Å²) in [4.78, 5) is 15.6. The van der Waals surface area contributed by atoms with Gasteiger partial charge in [0.15, 0.2) is 11.6 Å². The Morgan fingerprint density at radius 1 is 1.25 bits per heavy atom. The molecule has 0 unspecified atom stereocenters. The number of halogens is 3. The molecule has 1 aromatic carbocycles. The van der Waals surface area contributed by atoms with E-state index in [-0.39, 0.29) is 23.2 Å². The molecule has 0 aliphatic heterocycles. The number of carbonyl (C=O) groups is 1. The highest BCUT2D eigenvalue weighted by molar-refractivity contribution is 6.32. The molecule has 0 atom stereocenters. The van der Waals surface area contributed by atoms with E-state index in [1.807, 2.05) is 0 Å². The van der Waals surface area contributed by atoms with Crippen molar-refractivity contribution in [2.24, 2.45) is 0 Å². The first-order valence-electron chi connectivity index (χ1n) is 5.90. The van der Waals surface area contributed by atoms with Gasteiger partial charge in [-0.05, 0) is 36.2 Å². The van der Waals surface area contributed by atoms with Crippen LogP contribution in [0.1, 0.15) is 15.9 Å². The molecule has 1 amide bonds. The summed E-state index contributed by atoms with van der Waals surface area (Å²) in [7, 11) is 0. The van der Waals surface area contributed by atoms with Gasteiger partial charge in [-0.25, -0.2) is 13.8 Å². The average Bonchev–Trinajstić information content (AvgIpc) is 2.43. The van der Waals surface area contributed by atoms with E-state index in [9.17, 15) is 13.6 Å². The van der Waals surface area contributed by atoms with Crippen molar-refractivity contribution in [1.82, 2.24) is 10.3 Å². The van der Waals surface area contributed by atoms with Crippen LogP contribution < -0.4 is 5.32 Å². The van der Waals surface area contributed by atoms with Crippen LogP contribution in [-0.4, -0.2) is 17.4 Å². The third kappa shape index (κ3) is 3.51. The van der Waals surface area contributed by atoms with Gasteiger partial charge in [-0.15, -0.1) is 0 Å². The van der Waals surface area contributed by atoms with Crippen LogP contribution in [0.25, 0.3) is 0 Å². The van der Waals surface area contributed by atoms with E-state index in [2.05, 4.69) is 10.3 Å². The topological polar surface area (TPSA) is 42.0 Å². The van der Waals surface area contributed by atoms with Crippen molar-refractivity contribution in [1.29, 1.82) is 0 Å². The Bertz CT molecular complexity index is 634. The summed E-state index contributed by atoms with van der Waals surface area (Å²) in [5, 5.41) is 2.77. The van der Waals surface area contributed by atoms with E-state index in [0.717, 1.165) is 12.1 Å². The van der Waals surface area contributed by atoms with Gasteiger partial charge >= 0.3 is 0 Å². The predicted octanol–water partition coefficient (Wildman–Crippen LogP) is 2.99. The van der Waals surface area contributed by atoms with Crippen LogP contribution in [-0.2, 0) is 6.42 Å². The maximum atomic E-state index is 13.0. The number of nitrogens with one attached hydrogen (secondary N) is 1. The molecule has 2 rings (SSSR count). The number of hydrogen-bond acceptors (Lipinski definition) is 2. The van der Waals surface area contributed by atoms with Crippen molar-refractivity contribution in [3.63, 3.8) is 0 Å². The van der Waals surface area contributed by atoms with E-state index in [1.165, 1.54) is 12.3 Å². The van der Waals surface area contributed by atoms with E-state index in [4.69, 9.17) is 11.6 Å². The molecule has 1 aromatic heterocycles. The first-order valence-corrected chi connectivity index (χ1v) is 6.28. The van der Waals surface area contributed by atoms with Crippen LogP contribution in [0.5, 0.6) is 0 Å². The van der Waals surface area contributed by atoms with Gasteiger partial charge in [0.1, 0.15) is 5.15 Å². The molecule has 104 valence electrons. The Morgan fingerprint density at radius 2 is 2.05 bits per heavy atom. The number of aromatic nitrogens is 1. The first kappa shape index (κ1) is 14.4. The molecule has 0 fully saturated rings. The summed E-state index contributed by atoms with van der Waals surface area (Å²) < 4.78 is 25.7. The third-order valence-electron chi connectivity index (χ3n) is 2.69. The van der Waals surface area contributed by atoms with Crippen LogP contribution in [0.4, 0.5) is 8.78 Å². The smallest absolute Gasteiger partial charge is 0.254 e. The minimum atomic E-state index is -0.899. The van der Waals surface area contributed by atoms with E-state index < -0.39 is 11.6 Å². The standard InChI is InChI=1S/C14H11ClF2N2O/c15-13-10(2-1-6-18-13)14(20)19-7-5-9-3-4-11(16)12(17)8-9/h1-4,6,8H,5,7H2,(H,19,20). The molecule has 0 spiro atoms. The summed E-state index contributed by atoms with van der Waals surface area (Å²) >= 11 is 5.79. The number of hydrogen-bond donors (Lipinski definition) is 1. The number of nitrogens with zero attached hydrogens (tertiary/aromatic N) is 1. The van der Waals surface area contributed by atoms with Gasteiger partial charge in [0, 0.05) is 12.7 Å². The molecule has 0 saturated carbocycles. The molecule has 0 aliphatic carbocycles. The number of rotatable bonds is 4. The van der Waals surface area contributed by atoms with Crippen molar-refractivity contribution < 1.29 is 13.6 Å². The SMILES string of the molecule is O=C(NCCc1ccc(F)c(F)c1)c1cccnc1Cl. The predicted molar refractivity (Wildman–Crippen MR) is 71.6 cm³/mol. The minimum absolute atomic E-state index is 0.123. The highest BCUT2D eigenvalue weighted by Crippen LogP contribution is 2.11. The van der Waals surface area contributed by atoms with Gasteiger partial charge in [0.25, 0.3) is 5.91 Å². The van der Waals surface area contributed by atoms with Crippen molar-refractivity contribution in [3.05, 3.63) is 64.4 Å². The fourth-order valence-corrected chi connectivity index (χ4v) is 1.87. The Hall–Kier alpha value is -2.01. The highest BCUT2D eigenvalue weighted by atomic mass is 35.5. The second-order valence-electron chi connectivity index (χ2n) is 4.10. The molecule has 0 aliphatic rings. The number of benzene rings is 1. The molecular formula is C14H11ClF2N2O. The normalized spacial score (nSPS) is 10.3. The quantitative estimate of drug-likeness (QED) is 0.881. The zero-order valence-corrected chi connectivity index (χ0v) is 11.1. The molecule has 3 nitrogen and oxygen atoms in total. The summed E-state index contributed by atoms with van der Waals surface area (Å²) in [5.74, 6) is -2.14. The fourth-order valence-electron chi connectivity index (χ4n) is 1.67. The van der Waals surface area contributed by atoms with Gasteiger partial charge < -0.3 is 5.32 Å². The van der Waals surface area contributed by atoms with Crippen LogP contribution in [0.2, 0.25) is 5.15 Å². The Morgan fingerprint density at radius 3 is 2.75 bits per heavy atom. The number of carbonyl (C=O) groups excluding carboxylic acids is 1. The first-order chi connectivity index (χ1) is 9.58. The molecule has 2 aromatic rings. The Kier molecular flexibility index (Phi) is 4.63. The molecule has 20 heavy (non-hydrogen) atoms. The lowest BCUT2D eigenvalue weighted by molar-refractivity contribution is 0.0954. The van der Waals surface area contributed by atoms with E-state index in [1.54, 1.807) is 12.1 Å². The Balaban J connectivity index is 1.91. The lowest BCUT2D eigenvalue weighted by atomic mass is 10.1. The van der Waals surface area contributed by atoms with Crippen LogP contribution >= 0.6 is 11.6 Å². The number of amides is 1. The third-order valence-corrected chi connectivity index (χ3v) is 2.99. The van der Waals surface area contributed by atoms with Gasteiger partial charge in [-0.3, -0.25) is 4.79 Å². The maximum Gasteiger partial charge on any atom is 0.254 e. The van der Waals surface area contributed by atoms with Gasteiger partial charge in [0.05, 0.1) is 5.56 Å². The lowest BCUT2D eigenvalue weighted by Gasteiger charge is -2.06. The van der Waals surface area contributed by atoms with Crippen molar-refractivity contribution in [2.45, 2.75) is 6.42 Å². The van der Waals surface area contributed by atoms with Crippen molar-refractivity contribution in [2.75, 3.05) is 6.54 Å².